The molecule has 1 aromatic rings. The molecule has 0 spiro atoms. The highest BCUT2D eigenvalue weighted by Gasteiger charge is 2.12. The van der Waals surface area contributed by atoms with Crippen molar-refractivity contribution in [3.05, 3.63) is 33.8 Å². The van der Waals surface area contributed by atoms with Crippen molar-refractivity contribution in [1.29, 1.82) is 0 Å². The van der Waals surface area contributed by atoms with Crippen LogP contribution in [0.25, 0.3) is 0 Å². The molecule has 2 nitrogen and oxygen atoms in total. The number of aryl methyl sites for hydroxylation is 1. The van der Waals surface area contributed by atoms with Crippen molar-refractivity contribution in [1.82, 2.24) is 5.43 Å². The third-order valence-corrected chi connectivity index (χ3v) is 3.77. The van der Waals surface area contributed by atoms with Gasteiger partial charge in [-0.25, -0.2) is 0 Å². The highest BCUT2D eigenvalue weighted by molar-refractivity contribution is 9.10. The quantitative estimate of drug-likeness (QED) is 0.449. The molecule has 96 valence electrons. The van der Waals surface area contributed by atoms with Crippen LogP contribution in [0.1, 0.15) is 56.2 Å². The Balaban J connectivity index is 2.59. The van der Waals surface area contributed by atoms with Gasteiger partial charge in [-0.05, 0) is 30.5 Å². The molecule has 0 aliphatic heterocycles. The minimum Gasteiger partial charge on any atom is -0.271 e. The van der Waals surface area contributed by atoms with Gasteiger partial charge < -0.3 is 0 Å². The van der Waals surface area contributed by atoms with Gasteiger partial charge in [0.2, 0.25) is 0 Å². The standard InChI is InChI=1S/C14H23BrN2/c1-3-4-5-6-7-14(17-16)12-9-8-11(2)10-13(12)15/h8-10,14,17H,3-7,16H2,1-2H3. The minimum absolute atomic E-state index is 0.252. The van der Waals surface area contributed by atoms with Crippen LogP contribution in [0.3, 0.4) is 0 Å². The number of halogens is 1. The number of unbranched alkanes of at least 4 members (excludes halogenated alkanes) is 3. The van der Waals surface area contributed by atoms with E-state index in [4.69, 9.17) is 5.84 Å². The third-order valence-electron chi connectivity index (χ3n) is 3.08. The first-order valence-corrected chi connectivity index (χ1v) is 7.20. The molecule has 3 heteroatoms. The van der Waals surface area contributed by atoms with Crippen LogP contribution < -0.4 is 11.3 Å². The fourth-order valence-electron chi connectivity index (χ4n) is 2.02. The van der Waals surface area contributed by atoms with E-state index in [2.05, 4.69) is 53.4 Å². The number of hydrazine groups is 1. The van der Waals surface area contributed by atoms with Crippen LogP contribution in [-0.2, 0) is 0 Å². The highest BCUT2D eigenvalue weighted by Crippen LogP contribution is 2.27. The zero-order valence-electron chi connectivity index (χ0n) is 10.8. The van der Waals surface area contributed by atoms with Gasteiger partial charge in [0, 0.05) is 10.5 Å². The van der Waals surface area contributed by atoms with Crippen molar-refractivity contribution >= 4 is 15.9 Å². The Morgan fingerprint density at radius 1 is 1.29 bits per heavy atom. The van der Waals surface area contributed by atoms with E-state index in [0.717, 1.165) is 10.9 Å². The first-order valence-electron chi connectivity index (χ1n) is 6.41. The number of hydrogen-bond acceptors (Lipinski definition) is 2. The minimum atomic E-state index is 0.252. The smallest absolute Gasteiger partial charge is 0.0471 e. The molecular formula is C14H23BrN2. The SMILES string of the molecule is CCCCCCC(NN)c1ccc(C)cc1Br. The molecule has 3 N–H and O–H groups in total. The van der Waals surface area contributed by atoms with Crippen molar-refractivity contribution in [3.63, 3.8) is 0 Å². The van der Waals surface area contributed by atoms with Crippen molar-refractivity contribution in [3.8, 4) is 0 Å². The Hall–Kier alpha value is -0.380. The van der Waals surface area contributed by atoms with Crippen molar-refractivity contribution < 1.29 is 0 Å². The largest absolute Gasteiger partial charge is 0.271 e. The lowest BCUT2D eigenvalue weighted by Crippen LogP contribution is -2.28. The maximum Gasteiger partial charge on any atom is 0.0471 e. The van der Waals surface area contributed by atoms with Crippen molar-refractivity contribution in [2.45, 2.75) is 52.0 Å². The second-order valence-electron chi connectivity index (χ2n) is 4.59. The molecule has 0 heterocycles. The zero-order valence-corrected chi connectivity index (χ0v) is 12.4. The van der Waals surface area contributed by atoms with Gasteiger partial charge in [-0.2, -0.15) is 0 Å². The van der Waals surface area contributed by atoms with Crippen LogP contribution in [0.5, 0.6) is 0 Å². The second-order valence-corrected chi connectivity index (χ2v) is 5.45. The predicted molar refractivity (Wildman–Crippen MR) is 77.7 cm³/mol. The molecule has 1 rings (SSSR count). The Morgan fingerprint density at radius 2 is 2.06 bits per heavy atom. The van der Waals surface area contributed by atoms with Gasteiger partial charge >= 0.3 is 0 Å². The number of nitrogens with one attached hydrogen (secondary N) is 1. The van der Waals surface area contributed by atoms with Gasteiger partial charge in [-0.3, -0.25) is 11.3 Å². The molecule has 0 aromatic heterocycles. The van der Waals surface area contributed by atoms with E-state index in [9.17, 15) is 0 Å². The van der Waals surface area contributed by atoms with E-state index in [1.54, 1.807) is 0 Å². The summed E-state index contributed by atoms with van der Waals surface area (Å²) in [7, 11) is 0. The molecular weight excluding hydrogens is 276 g/mol. The van der Waals surface area contributed by atoms with E-state index in [1.165, 1.54) is 36.8 Å². The summed E-state index contributed by atoms with van der Waals surface area (Å²) in [5.41, 5.74) is 5.45. The second kappa shape index (κ2) is 7.85. The molecule has 0 amide bonds. The molecule has 1 unspecified atom stereocenters. The molecule has 0 fully saturated rings. The van der Waals surface area contributed by atoms with Crippen LogP contribution in [0.15, 0.2) is 22.7 Å². The monoisotopic (exact) mass is 298 g/mol. The lowest BCUT2D eigenvalue weighted by atomic mass is 9.99. The molecule has 0 radical (unpaired) electrons. The van der Waals surface area contributed by atoms with Gasteiger partial charge in [-0.1, -0.05) is 60.7 Å². The summed E-state index contributed by atoms with van der Waals surface area (Å²) < 4.78 is 1.15. The third kappa shape index (κ3) is 4.78. The maximum atomic E-state index is 5.66. The highest BCUT2D eigenvalue weighted by atomic mass is 79.9. The summed E-state index contributed by atoms with van der Waals surface area (Å²) >= 11 is 3.62. The Labute approximate surface area is 113 Å². The summed E-state index contributed by atoms with van der Waals surface area (Å²) in [6.07, 6.45) is 6.20. The summed E-state index contributed by atoms with van der Waals surface area (Å²) in [4.78, 5) is 0. The molecule has 0 bridgehead atoms. The van der Waals surface area contributed by atoms with Gasteiger partial charge in [0.15, 0.2) is 0 Å². The van der Waals surface area contributed by atoms with Crippen molar-refractivity contribution in [2.75, 3.05) is 0 Å². The lowest BCUT2D eigenvalue weighted by molar-refractivity contribution is 0.480. The van der Waals surface area contributed by atoms with E-state index in [1.807, 2.05) is 0 Å². The number of hydrogen-bond donors (Lipinski definition) is 2. The lowest BCUT2D eigenvalue weighted by Gasteiger charge is -2.18. The van der Waals surface area contributed by atoms with Crippen LogP contribution in [0.2, 0.25) is 0 Å². The van der Waals surface area contributed by atoms with Crippen LogP contribution in [0.4, 0.5) is 0 Å². The first kappa shape index (κ1) is 14.7. The number of nitrogens with two attached hydrogens (primary N) is 1. The fraction of sp³-hybridized carbons (Fsp3) is 0.571. The molecule has 17 heavy (non-hydrogen) atoms. The maximum absolute atomic E-state index is 5.66. The van der Waals surface area contributed by atoms with Gasteiger partial charge in [0.1, 0.15) is 0 Å². The van der Waals surface area contributed by atoms with Crippen molar-refractivity contribution in [2.24, 2.45) is 5.84 Å². The summed E-state index contributed by atoms with van der Waals surface area (Å²) in [6, 6.07) is 6.69. The summed E-state index contributed by atoms with van der Waals surface area (Å²) in [5, 5.41) is 0. The van der Waals surface area contributed by atoms with Crippen LogP contribution in [0, 0.1) is 6.92 Å². The van der Waals surface area contributed by atoms with Gasteiger partial charge in [0.05, 0.1) is 0 Å². The topological polar surface area (TPSA) is 38.0 Å². The molecule has 1 atom stereocenters. The number of rotatable bonds is 7. The number of benzene rings is 1. The average Bonchev–Trinajstić information content (AvgIpc) is 2.31. The van der Waals surface area contributed by atoms with E-state index in [0.29, 0.717) is 0 Å². The molecule has 0 aliphatic carbocycles. The fourth-order valence-corrected chi connectivity index (χ4v) is 2.79. The Kier molecular flexibility index (Phi) is 6.78. The Morgan fingerprint density at radius 3 is 2.65 bits per heavy atom. The zero-order chi connectivity index (χ0) is 12.7. The van der Waals surface area contributed by atoms with E-state index >= 15 is 0 Å². The van der Waals surface area contributed by atoms with E-state index < -0.39 is 0 Å². The summed E-state index contributed by atoms with van der Waals surface area (Å²) in [6.45, 7) is 4.33. The average molecular weight is 299 g/mol. The van der Waals surface area contributed by atoms with Gasteiger partial charge in [-0.15, -0.1) is 0 Å². The van der Waals surface area contributed by atoms with Gasteiger partial charge in [0.25, 0.3) is 0 Å². The molecule has 0 aliphatic rings. The molecule has 0 saturated heterocycles. The van der Waals surface area contributed by atoms with Crippen LogP contribution >= 0.6 is 15.9 Å². The normalized spacial score (nSPS) is 12.7. The Bertz CT molecular complexity index is 339. The van der Waals surface area contributed by atoms with E-state index in [-0.39, 0.29) is 6.04 Å². The predicted octanol–water partition coefficient (Wildman–Crippen LogP) is 4.23. The first-order chi connectivity index (χ1) is 8.19. The van der Waals surface area contributed by atoms with Crippen LogP contribution in [-0.4, -0.2) is 0 Å². The summed E-state index contributed by atoms with van der Waals surface area (Å²) in [5.74, 6) is 5.66. The molecule has 1 aromatic carbocycles. The molecule has 0 saturated carbocycles.